The minimum absolute atomic E-state index is 0.0680. The summed E-state index contributed by atoms with van der Waals surface area (Å²) in [6, 6.07) is 11.8. The summed E-state index contributed by atoms with van der Waals surface area (Å²) in [7, 11) is 0. The molecule has 4 aromatic rings. The van der Waals surface area contributed by atoms with Crippen LogP contribution in [-0.4, -0.2) is 32.0 Å². The highest BCUT2D eigenvalue weighted by Crippen LogP contribution is 2.28. The van der Waals surface area contributed by atoms with Crippen molar-refractivity contribution < 1.29 is 27.8 Å². The highest BCUT2D eigenvalue weighted by molar-refractivity contribution is 6.04. The fourth-order valence-corrected chi connectivity index (χ4v) is 2.82. The molecule has 27 heavy (non-hydrogen) atoms. The van der Waals surface area contributed by atoms with Crippen LogP contribution in [0.15, 0.2) is 54.9 Å². The van der Waals surface area contributed by atoms with E-state index in [9.17, 15) is 18.0 Å². The Morgan fingerprint density at radius 2 is 1.78 bits per heavy atom. The van der Waals surface area contributed by atoms with Crippen molar-refractivity contribution >= 4 is 27.9 Å². The van der Waals surface area contributed by atoms with Gasteiger partial charge < -0.3 is 9.84 Å². The van der Waals surface area contributed by atoms with Crippen molar-refractivity contribution in [3.8, 4) is 11.4 Å². The number of aromatic carboxylic acids is 1. The number of hydrogen-bond donors (Lipinski definition) is 1. The molecule has 2 heterocycles. The molecule has 0 saturated carbocycles. The summed E-state index contributed by atoms with van der Waals surface area (Å²) in [6.45, 7) is 0. The molecule has 4 rings (SSSR count). The Labute approximate surface area is 149 Å². The summed E-state index contributed by atoms with van der Waals surface area (Å²) in [5.74, 6) is -1.43. The number of rotatable bonds is 3. The number of hydrogen-bond acceptors (Lipinski definition) is 4. The summed E-state index contributed by atoms with van der Waals surface area (Å²) >= 11 is 0. The van der Waals surface area contributed by atoms with Crippen LogP contribution in [0.5, 0.6) is 5.75 Å². The van der Waals surface area contributed by atoms with E-state index in [1.165, 1.54) is 36.7 Å². The van der Waals surface area contributed by atoms with Gasteiger partial charge in [0.1, 0.15) is 17.8 Å². The quantitative estimate of drug-likeness (QED) is 0.583. The van der Waals surface area contributed by atoms with Gasteiger partial charge in [-0.15, -0.1) is 13.2 Å². The number of ether oxygens (including phenoxy) is 1. The molecule has 0 amide bonds. The third-order valence-corrected chi connectivity index (χ3v) is 3.95. The predicted molar refractivity (Wildman–Crippen MR) is 90.0 cm³/mol. The molecule has 0 aliphatic heterocycles. The molecule has 0 radical (unpaired) electrons. The predicted octanol–water partition coefficient (Wildman–Crippen LogP) is 4.17. The van der Waals surface area contributed by atoms with Crippen LogP contribution < -0.4 is 4.74 Å². The Bertz CT molecular complexity index is 1170. The van der Waals surface area contributed by atoms with Crippen molar-refractivity contribution in [2.24, 2.45) is 0 Å². The van der Waals surface area contributed by atoms with Crippen LogP contribution in [0.25, 0.3) is 27.6 Å². The van der Waals surface area contributed by atoms with Crippen LogP contribution in [-0.2, 0) is 0 Å². The molecule has 0 bridgehead atoms. The first-order chi connectivity index (χ1) is 12.8. The van der Waals surface area contributed by atoms with Crippen LogP contribution in [0, 0.1) is 0 Å². The number of fused-ring (bicyclic) bond motifs is 3. The zero-order chi connectivity index (χ0) is 19.2. The lowest BCUT2D eigenvalue weighted by Crippen LogP contribution is -2.17. The molecular formula is C18H10F3N3O3. The van der Waals surface area contributed by atoms with E-state index in [-0.39, 0.29) is 11.4 Å². The number of carboxylic acid groups (broad SMARTS) is 1. The van der Waals surface area contributed by atoms with Crippen LogP contribution in [0.2, 0.25) is 0 Å². The van der Waals surface area contributed by atoms with Crippen molar-refractivity contribution in [3.63, 3.8) is 0 Å². The molecule has 6 nitrogen and oxygen atoms in total. The number of aromatic nitrogens is 3. The second-order valence-corrected chi connectivity index (χ2v) is 5.66. The Hall–Kier alpha value is -3.62. The molecule has 1 N–H and O–H groups in total. The Morgan fingerprint density at radius 3 is 2.44 bits per heavy atom. The molecule has 0 fully saturated rings. The Balaban J connectivity index is 1.77. The van der Waals surface area contributed by atoms with Gasteiger partial charge in [-0.3, -0.25) is 4.57 Å². The first kappa shape index (κ1) is 16.8. The van der Waals surface area contributed by atoms with Gasteiger partial charge in [-0.25, -0.2) is 14.8 Å². The van der Waals surface area contributed by atoms with E-state index in [0.717, 1.165) is 0 Å². The van der Waals surface area contributed by atoms with Gasteiger partial charge in [0.05, 0.1) is 16.6 Å². The van der Waals surface area contributed by atoms with Crippen molar-refractivity contribution in [1.82, 2.24) is 14.5 Å². The van der Waals surface area contributed by atoms with E-state index in [4.69, 9.17) is 5.11 Å². The average Bonchev–Trinajstić information content (AvgIpc) is 3.05. The topological polar surface area (TPSA) is 77.2 Å². The lowest BCUT2D eigenvalue weighted by molar-refractivity contribution is -0.274. The molecule has 2 aromatic heterocycles. The molecule has 9 heteroatoms. The maximum atomic E-state index is 12.3. The lowest BCUT2D eigenvalue weighted by atomic mass is 10.1. The SMILES string of the molecule is O=C(O)c1ccc2c(ccc3c2ncn3-c2ccc(OC(F)(F)F)cc2)n1. The van der Waals surface area contributed by atoms with Crippen LogP contribution >= 0.6 is 0 Å². The lowest BCUT2D eigenvalue weighted by Gasteiger charge is -2.10. The molecule has 0 unspecified atom stereocenters. The Kier molecular flexibility index (Phi) is 3.72. The molecule has 0 atom stereocenters. The largest absolute Gasteiger partial charge is 0.573 e. The smallest absolute Gasteiger partial charge is 0.477 e. The van der Waals surface area contributed by atoms with E-state index in [1.807, 2.05) is 0 Å². The zero-order valence-electron chi connectivity index (χ0n) is 13.4. The van der Waals surface area contributed by atoms with Crippen molar-refractivity contribution in [1.29, 1.82) is 0 Å². The number of alkyl halides is 3. The Morgan fingerprint density at radius 1 is 1.04 bits per heavy atom. The number of nitrogens with zero attached hydrogens (tertiary/aromatic N) is 3. The molecule has 0 saturated heterocycles. The summed E-state index contributed by atoms with van der Waals surface area (Å²) in [4.78, 5) is 19.5. The molecule has 136 valence electrons. The number of pyridine rings is 1. The molecule has 0 spiro atoms. The van der Waals surface area contributed by atoms with Crippen molar-refractivity contribution in [3.05, 3.63) is 60.6 Å². The number of imidazole rings is 1. The third-order valence-electron chi connectivity index (χ3n) is 3.95. The number of benzene rings is 2. The van der Waals surface area contributed by atoms with Gasteiger partial charge in [-0.1, -0.05) is 0 Å². The summed E-state index contributed by atoms with van der Waals surface area (Å²) in [5.41, 5.74) is 2.33. The average molecular weight is 373 g/mol. The maximum absolute atomic E-state index is 12.3. The minimum atomic E-state index is -4.75. The third kappa shape index (κ3) is 3.14. The highest BCUT2D eigenvalue weighted by Gasteiger charge is 2.31. The number of carboxylic acids is 1. The van der Waals surface area contributed by atoms with Gasteiger partial charge in [0, 0.05) is 11.1 Å². The summed E-state index contributed by atoms with van der Waals surface area (Å²) in [6.07, 6.45) is -3.21. The van der Waals surface area contributed by atoms with Crippen LogP contribution in [0.4, 0.5) is 13.2 Å². The first-order valence-electron chi connectivity index (χ1n) is 7.68. The van der Waals surface area contributed by atoms with Crippen molar-refractivity contribution in [2.45, 2.75) is 6.36 Å². The van der Waals surface area contributed by atoms with Crippen LogP contribution in [0.1, 0.15) is 10.5 Å². The monoisotopic (exact) mass is 373 g/mol. The minimum Gasteiger partial charge on any atom is -0.477 e. The molecule has 0 aliphatic carbocycles. The van der Waals surface area contributed by atoms with E-state index < -0.39 is 12.3 Å². The van der Waals surface area contributed by atoms with E-state index >= 15 is 0 Å². The number of halogens is 3. The van der Waals surface area contributed by atoms with Crippen LogP contribution in [0.3, 0.4) is 0 Å². The maximum Gasteiger partial charge on any atom is 0.573 e. The second kappa shape index (κ2) is 5.97. The van der Waals surface area contributed by atoms with E-state index in [1.54, 1.807) is 22.8 Å². The van der Waals surface area contributed by atoms with E-state index in [2.05, 4.69) is 14.7 Å². The van der Waals surface area contributed by atoms with Gasteiger partial charge in [0.2, 0.25) is 0 Å². The van der Waals surface area contributed by atoms with Gasteiger partial charge in [-0.05, 0) is 48.5 Å². The highest BCUT2D eigenvalue weighted by atomic mass is 19.4. The van der Waals surface area contributed by atoms with Gasteiger partial charge >= 0.3 is 12.3 Å². The second-order valence-electron chi connectivity index (χ2n) is 5.66. The fraction of sp³-hybridized carbons (Fsp3) is 0.0556. The zero-order valence-corrected chi connectivity index (χ0v) is 13.4. The van der Waals surface area contributed by atoms with Crippen molar-refractivity contribution in [2.75, 3.05) is 0 Å². The normalized spacial score (nSPS) is 11.8. The molecule has 2 aromatic carbocycles. The van der Waals surface area contributed by atoms with Gasteiger partial charge in [-0.2, -0.15) is 0 Å². The first-order valence-corrected chi connectivity index (χ1v) is 7.68. The molecule has 0 aliphatic rings. The molecular weight excluding hydrogens is 363 g/mol. The standard InChI is InChI=1S/C18H10F3N3O3/c19-18(20,21)27-11-3-1-10(2-4-11)24-9-22-16-12-5-6-14(17(25)26)23-13(12)7-8-15(16)24/h1-9H,(H,25,26). The van der Waals surface area contributed by atoms with Gasteiger partial charge in [0.25, 0.3) is 0 Å². The fourth-order valence-electron chi connectivity index (χ4n) is 2.82. The summed E-state index contributed by atoms with van der Waals surface area (Å²) < 4.78 is 42.4. The van der Waals surface area contributed by atoms with Gasteiger partial charge in [0.15, 0.2) is 0 Å². The van der Waals surface area contributed by atoms with E-state index in [0.29, 0.717) is 27.6 Å². The summed E-state index contributed by atoms with van der Waals surface area (Å²) in [5, 5.41) is 9.71. The number of carbonyl (C=O) groups is 1.